The fourth-order valence-corrected chi connectivity index (χ4v) is 2.99. The molecular formula is C15H20N2O3S. The normalized spacial score (nSPS) is 20.8. The molecule has 2 atom stereocenters. The van der Waals surface area contributed by atoms with E-state index in [4.69, 9.17) is 0 Å². The van der Waals surface area contributed by atoms with Crippen LogP contribution in [-0.4, -0.2) is 45.5 Å². The van der Waals surface area contributed by atoms with Crippen molar-refractivity contribution in [2.45, 2.75) is 19.4 Å². The van der Waals surface area contributed by atoms with Crippen LogP contribution < -0.4 is 5.32 Å². The summed E-state index contributed by atoms with van der Waals surface area (Å²) in [7, 11) is -0.913. The molecule has 1 heterocycles. The first-order chi connectivity index (χ1) is 10.1. The molecule has 0 spiro atoms. The Hall–Kier alpha value is -1.69. The Balaban J connectivity index is 2.14. The standard InChI is InChI=1S/C15H20N2O3S/c1-2-21(20)11-10-17-9-8-13(18)16-14(15(17)19)12-6-4-3-5-7-12/h3-7,14H,2,8-11H2,1H3,(H,16,18). The fraction of sp³-hybridized carbons (Fsp3) is 0.467. The van der Waals surface area contributed by atoms with E-state index in [1.807, 2.05) is 37.3 Å². The van der Waals surface area contributed by atoms with Crippen molar-refractivity contribution in [1.29, 1.82) is 0 Å². The second-order valence-electron chi connectivity index (χ2n) is 4.92. The van der Waals surface area contributed by atoms with Gasteiger partial charge in [-0.15, -0.1) is 0 Å². The van der Waals surface area contributed by atoms with Gasteiger partial charge >= 0.3 is 0 Å². The molecule has 2 amide bonds. The quantitative estimate of drug-likeness (QED) is 0.877. The predicted molar refractivity (Wildman–Crippen MR) is 82.1 cm³/mol. The van der Waals surface area contributed by atoms with Crippen molar-refractivity contribution in [2.75, 3.05) is 24.6 Å². The lowest BCUT2D eigenvalue weighted by Gasteiger charge is -2.24. The molecule has 2 unspecified atom stereocenters. The van der Waals surface area contributed by atoms with Crippen LogP contribution in [-0.2, 0) is 20.4 Å². The van der Waals surface area contributed by atoms with Crippen molar-refractivity contribution in [3.05, 3.63) is 35.9 Å². The van der Waals surface area contributed by atoms with Gasteiger partial charge in [0, 0.05) is 41.8 Å². The SMILES string of the molecule is CCS(=O)CCN1CCC(=O)NC(c2ccccc2)C1=O. The maximum Gasteiger partial charge on any atom is 0.249 e. The summed E-state index contributed by atoms with van der Waals surface area (Å²) in [6.45, 7) is 2.67. The number of nitrogens with zero attached hydrogens (tertiary/aromatic N) is 1. The van der Waals surface area contributed by atoms with Crippen molar-refractivity contribution in [3.63, 3.8) is 0 Å². The molecule has 1 aliphatic heterocycles. The van der Waals surface area contributed by atoms with Crippen molar-refractivity contribution in [1.82, 2.24) is 10.2 Å². The molecule has 5 nitrogen and oxygen atoms in total. The molecule has 0 aliphatic carbocycles. The van der Waals surface area contributed by atoms with Gasteiger partial charge in [0.1, 0.15) is 6.04 Å². The van der Waals surface area contributed by atoms with Crippen LogP contribution in [0.2, 0.25) is 0 Å². The van der Waals surface area contributed by atoms with Crippen LogP contribution >= 0.6 is 0 Å². The van der Waals surface area contributed by atoms with E-state index in [0.29, 0.717) is 24.6 Å². The van der Waals surface area contributed by atoms with E-state index in [2.05, 4.69) is 5.32 Å². The van der Waals surface area contributed by atoms with E-state index in [-0.39, 0.29) is 18.2 Å². The lowest BCUT2D eigenvalue weighted by atomic mass is 10.1. The first-order valence-electron chi connectivity index (χ1n) is 7.10. The molecule has 0 saturated carbocycles. The summed E-state index contributed by atoms with van der Waals surface area (Å²) in [4.78, 5) is 26.0. The number of benzene rings is 1. The third-order valence-electron chi connectivity index (χ3n) is 3.52. The Morgan fingerprint density at radius 3 is 2.67 bits per heavy atom. The highest BCUT2D eigenvalue weighted by molar-refractivity contribution is 7.84. The average molecular weight is 308 g/mol. The predicted octanol–water partition coefficient (Wildman–Crippen LogP) is 0.845. The van der Waals surface area contributed by atoms with Gasteiger partial charge in [-0.05, 0) is 5.56 Å². The van der Waals surface area contributed by atoms with Gasteiger partial charge in [0.25, 0.3) is 0 Å². The van der Waals surface area contributed by atoms with Crippen LogP contribution in [0.5, 0.6) is 0 Å². The molecule has 6 heteroatoms. The minimum Gasteiger partial charge on any atom is -0.340 e. The minimum absolute atomic E-state index is 0.125. The Morgan fingerprint density at radius 1 is 1.29 bits per heavy atom. The van der Waals surface area contributed by atoms with Gasteiger partial charge in [-0.3, -0.25) is 13.8 Å². The molecule has 2 rings (SSSR count). The third-order valence-corrected chi connectivity index (χ3v) is 4.80. The second-order valence-corrected chi connectivity index (χ2v) is 6.78. The lowest BCUT2D eigenvalue weighted by Crippen LogP contribution is -2.40. The zero-order chi connectivity index (χ0) is 15.2. The fourth-order valence-electron chi connectivity index (χ4n) is 2.27. The zero-order valence-corrected chi connectivity index (χ0v) is 12.9. The van der Waals surface area contributed by atoms with Gasteiger partial charge in [-0.1, -0.05) is 37.3 Å². The number of amides is 2. The second kappa shape index (κ2) is 7.36. The summed E-state index contributed by atoms with van der Waals surface area (Å²) >= 11 is 0. The van der Waals surface area contributed by atoms with Crippen molar-refractivity contribution in [3.8, 4) is 0 Å². The molecule has 1 N–H and O–H groups in total. The highest BCUT2D eigenvalue weighted by atomic mass is 32.2. The summed E-state index contributed by atoms with van der Waals surface area (Å²) < 4.78 is 11.6. The minimum atomic E-state index is -0.913. The number of carbonyl (C=O) groups is 2. The number of hydrogen-bond acceptors (Lipinski definition) is 3. The first-order valence-corrected chi connectivity index (χ1v) is 8.58. The van der Waals surface area contributed by atoms with Crippen LogP contribution in [0.25, 0.3) is 0 Å². The molecule has 0 radical (unpaired) electrons. The van der Waals surface area contributed by atoms with Crippen molar-refractivity contribution in [2.24, 2.45) is 0 Å². The largest absolute Gasteiger partial charge is 0.340 e. The van der Waals surface area contributed by atoms with E-state index in [9.17, 15) is 13.8 Å². The van der Waals surface area contributed by atoms with Crippen LogP contribution in [0.4, 0.5) is 0 Å². The Kier molecular flexibility index (Phi) is 5.50. The van der Waals surface area contributed by atoms with Gasteiger partial charge in [0.15, 0.2) is 0 Å². The summed E-state index contributed by atoms with van der Waals surface area (Å²) in [5.74, 6) is 0.788. The third kappa shape index (κ3) is 4.14. The molecule has 1 fully saturated rings. The summed E-state index contributed by atoms with van der Waals surface area (Å²) in [6.07, 6.45) is 0.286. The van der Waals surface area contributed by atoms with Crippen LogP contribution in [0.15, 0.2) is 30.3 Å². The van der Waals surface area contributed by atoms with Crippen LogP contribution in [0.3, 0.4) is 0 Å². The van der Waals surface area contributed by atoms with Gasteiger partial charge in [0.05, 0.1) is 0 Å². The van der Waals surface area contributed by atoms with Gasteiger partial charge in [-0.25, -0.2) is 0 Å². The molecular weight excluding hydrogens is 288 g/mol. The Labute approximate surface area is 127 Å². The zero-order valence-electron chi connectivity index (χ0n) is 12.1. The molecule has 1 aliphatic rings. The van der Waals surface area contributed by atoms with E-state index >= 15 is 0 Å². The maximum atomic E-state index is 12.6. The molecule has 21 heavy (non-hydrogen) atoms. The monoisotopic (exact) mass is 308 g/mol. The highest BCUT2D eigenvalue weighted by Gasteiger charge is 2.30. The Bertz CT molecular complexity index is 533. The first kappa shape index (κ1) is 15.7. The van der Waals surface area contributed by atoms with Gasteiger partial charge in [0.2, 0.25) is 11.8 Å². The number of rotatable bonds is 5. The maximum absolute atomic E-state index is 12.6. The summed E-state index contributed by atoms with van der Waals surface area (Å²) in [5, 5.41) is 2.77. The molecule has 1 aromatic rings. The smallest absolute Gasteiger partial charge is 0.249 e. The van der Waals surface area contributed by atoms with E-state index < -0.39 is 16.8 Å². The van der Waals surface area contributed by atoms with Crippen molar-refractivity contribution < 1.29 is 13.8 Å². The molecule has 114 valence electrons. The number of nitrogens with one attached hydrogen (secondary N) is 1. The average Bonchev–Trinajstić information content (AvgIpc) is 2.65. The van der Waals surface area contributed by atoms with Gasteiger partial charge in [-0.2, -0.15) is 0 Å². The van der Waals surface area contributed by atoms with Crippen LogP contribution in [0, 0.1) is 0 Å². The summed E-state index contributed by atoms with van der Waals surface area (Å²) in [6, 6.07) is 8.57. The van der Waals surface area contributed by atoms with Gasteiger partial charge < -0.3 is 10.2 Å². The van der Waals surface area contributed by atoms with E-state index in [1.54, 1.807) is 4.90 Å². The van der Waals surface area contributed by atoms with E-state index in [1.165, 1.54) is 0 Å². The lowest BCUT2D eigenvalue weighted by molar-refractivity contribution is -0.133. The topological polar surface area (TPSA) is 66.5 Å². The van der Waals surface area contributed by atoms with Crippen LogP contribution in [0.1, 0.15) is 24.9 Å². The molecule has 0 aromatic heterocycles. The number of hydrogen-bond donors (Lipinski definition) is 1. The Morgan fingerprint density at radius 2 is 2.00 bits per heavy atom. The van der Waals surface area contributed by atoms with E-state index in [0.717, 1.165) is 5.56 Å². The molecule has 1 saturated heterocycles. The van der Waals surface area contributed by atoms with Crippen molar-refractivity contribution >= 4 is 22.6 Å². The number of carbonyl (C=O) groups excluding carboxylic acids is 2. The molecule has 1 aromatic carbocycles. The highest BCUT2D eigenvalue weighted by Crippen LogP contribution is 2.18. The summed E-state index contributed by atoms with van der Waals surface area (Å²) in [5.41, 5.74) is 0.777. The molecule has 0 bridgehead atoms.